The summed E-state index contributed by atoms with van der Waals surface area (Å²) in [6, 6.07) is 4.96. The zero-order chi connectivity index (χ0) is 10.0. The van der Waals surface area contributed by atoms with Gasteiger partial charge in [0.15, 0.2) is 6.10 Å². The molecule has 0 aliphatic carbocycles. The summed E-state index contributed by atoms with van der Waals surface area (Å²) in [5.41, 5.74) is 1.38. The van der Waals surface area contributed by atoms with Crippen molar-refractivity contribution in [2.24, 2.45) is 0 Å². The molecule has 1 aromatic rings. The Morgan fingerprint density at radius 2 is 2.15 bits per heavy atom. The second-order valence-electron chi connectivity index (χ2n) is 2.75. The molecule has 4 heteroatoms. The van der Waals surface area contributed by atoms with Crippen LogP contribution in [0.4, 0.5) is 0 Å². The minimum Gasteiger partial charge on any atom is -0.479 e. The van der Waals surface area contributed by atoms with Gasteiger partial charge >= 0.3 is 5.97 Å². The summed E-state index contributed by atoms with van der Waals surface area (Å²) in [5, 5.41) is 17.7. The molecule has 2 N–H and O–H groups in total. The number of aliphatic hydroxyl groups excluding tert-OH is 1. The van der Waals surface area contributed by atoms with Crippen molar-refractivity contribution in [2.45, 2.75) is 13.0 Å². The number of carboxylic acids is 1. The Labute approximate surface area is 84.1 Å². The molecule has 70 valence electrons. The van der Waals surface area contributed by atoms with Crippen LogP contribution in [0.5, 0.6) is 0 Å². The molecule has 0 aliphatic rings. The van der Waals surface area contributed by atoms with Gasteiger partial charge in [0.25, 0.3) is 0 Å². The number of halogens is 1. The highest BCUT2D eigenvalue weighted by Gasteiger charge is 2.15. The number of hydrogen-bond acceptors (Lipinski definition) is 2. The number of carboxylic acid groups (broad SMARTS) is 1. The van der Waals surface area contributed by atoms with Crippen LogP contribution in [0.2, 0.25) is 0 Å². The molecule has 1 rings (SSSR count). The molecule has 0 fully saturated rings. The molecule has 0 radical (unpaired) electrons. The van der Waals surface area contributed by atoms with Gasteiger partial charge in [-0.25, -0.2) is 4.79 Å². The normalized spacial score (nSPS) is 12.5. The highest BCUT2D eigenvalue weighted by Crippen LogP contribution is 2.21. The Balaban J connectivity index is 3.03. The Bertz CT molecular complexity index is 336. The molecule has 0 heterocycles. The fourth-order valence-electron chi connectivity index (χ4n) is 0.922. The van der Waals surface area contributed by atoms with Crippen molar-refractivity contribution in [2.75, 3.05) is 0 Å². The van der Waals surface area contributed by atoms with E-state index in [1.165, 1.54) is 0 Å². The predicted molar refractivity (Wildman–Crippen MR) is 51.5 cm³/mol. The Morgan fingerprint density at radius 1 is 1.54 bits per heavy atom. The molecule has 1 aromatic carbocycles. The third-order valence-electron chi connectivity index (χ3n) is 1.75. The monoisotopic (exact) mass is 244 g/mol. The highest BCUT2D eigenvalue weighted by atomic mass is 79.9. The Kier molecular flexibility index (Phi) is 3.06. The SMILES string of the molecule is Cc1ccc([C@@H](O)C(=O)O)cc1Br. The minimum absolute atomic E-state index is 0.380. The summed E-state index contributed by atoms with van der Waals surface area (Å²) >= 11 is 3.26. The third kappa shape index (κ3) is 2.29. The van der Waals surface area contributed by atoms with E-state index in [9.17, 15) is 9.90 Å². The molecule has 0 saturated heterocycles. The highest BCUT2D eigenvalue weighted by molar-refractivity contribution is 9.10. The van der Waals surface area contributed by atoms with Gasteiger partial charge in [-0.15, -0.1) is 0 Å². The second kappa shape index (κ2) is 3.89. The molecule has 0 aliphatic heterocycles. The molecule has 0 amide bonds. The van der Waals surface area contributed by atoms with Crippen molar-refractivity contribution in [3.8, 4) is 0 Å². The van der Waals surface area contributed by atoms with Crippen molar-refractivity contribution < 1.29 is 15.0 Å². The van der Waals surface area contributed by atoms with Crippen LogP contribution in [-0.2, 0) is 4.79 Å². The minimum atomic E-state index is -1.45. The molecule has 0 spiro atoms. The van der Waals surface area contributed by atoms with Crippen LogP contribution >= 0.6 is 15.9 Å². The number of aliphatic hydroxyl groups is 1. The Morgan fingerprint density at radius 3 is 2.62 bits per heavy atom. The lowest BCUT2D eigenvalue weighted by Gasteiger charge is -2.07. The first kappa shape index (κ1) is 10.2. The average molecular weight is 245 g/mol. The van der Waals surface area contributed by atoms with E-state index in [-0.39, 0.29) is 0 Å². The van der Waals surface area contributed by atoms with Gasteiger partial charge < -0.3 is 10.2 Å². The topological polar surface area (TPSA) is 57.5 Å². The van der Waals surface area contributed by atoms with Crippen molar-refractivity contribution >= 4 is 21.9 Å². The maximum atomic E-state index is 10.4. The summed E-state index contributed by atoms with van der Waals surface area (Å²) in [6.07, 6.45) is -1.45. The molecular weight excluding hydrogens is 236 g/mol. The number of carbonyl (C=O) groups is 1. The predicted octanol–water partition coefficient (Wildman–Crippen LogP) is 1.88. The molecule has 13 heavy (non-hydrogen) atoms. The summed E-state index contributed by atoms with van der Waals surface area (Å²) in [6.45, 7) is 1.89. The van der Waals surface area contributed by atoms with Gasteiger partial charge in [-0.2, -0.15) is 0 Å². The standard InChI is InChI=1S/C9H9BrO3/c1-5-2-3-6(4-7(5)10)8(11)9(12)13/h2-4,8,11H,1H3,(H,12,13)/t8-/m1/s1. The van der Waals surface area contributed by atoms with Crippen LogP contribution in [-0.4, -0.2) is 16.2 Å². The maximum absolute atomic E-state index is 10.4. The van der Waals surface area contributed by atoms with Gasteiger partial charge in [-0.3, -0.25) is 0 Å². The van der Waals surface area contributed by atoms with Gasteiger partial charge in [0, 0.05) is 4.47 Å². The lowest BCUT2D eigenvalue weighted by molar-refractivity contribution is -0.146. The van der Waals surface area contributed by atoms with Gasteiger partial charge in [-0.1, -0.05) is 28.1 Å². The largest absolute Gasteiger partial charge is 0.479 e. The molecule has 1 atom stereocenters. The van der Waals surface area contributed by atoms with Crippen molar-refractivity contribution in [3.05, 3.63) is 33.8 Å². The number of aliphatic carboxylic acids is 1. The molecule has 0 saturated carbocycles. The maximum Gasteiger partial charge on any atom is 0.337 e. The fourth-order valence-corrected chi connectivity index (χ4v) is 1.32. The van der Waals surface area contributed by atoms with Crippen LogP contribution < -0.4 is 0 Å². The zero-order valence-electron chi connectivity index (χ0n) is 6.99. The van der Waals surface area contributed by atoms with Crippen LogP contribution in [0.15, 0.2) is 22.7 Å². The van der Waals surface area contributed by atoms with E-state index in [1.54, 1.807) is 18.2 Å². The van der Waals surface area contributed by atoms with Crippen LogP contribution in [0, 0.1) is 6.92 Å². The third-order valence-corrected chi connectivity index (χ3v) is 2.60. The number of benzene rings is 1. The molecular formula is C9H9BrO3. The van der Waals surface area contributed by atoms with E-state index in [1.807, 2.05) is 6.92 Å². The number of hydrogen-bond donors (Lipinski definition) is 2. The lowest BCUT2D eigenvalue weighted by atomic mass is 10.1. The molecule has 0 unspecified atom stereocenters. The van der Waals surface area contributed by atoms with Crippen LogP contribution in [0.1, 0.15) is 17.2 Å². The Hall–Kier alpha value is -0.870. The van der Waals surface area contributed by atoms with Gasteiger partial charge in [0.05, 0.1) is 0 Å². The summed E-state index contributed by atoms with van der Waals surface area (Å²) in [5.74, 6) is -1.24. The zero-order valence-corrected chi connectivity index (χ0v) is 8.58. The van der Waals surface area contributed by atoms with E-state index in [0.29, 0.717) is 5.56 Å². The van der Waals surface area contributed by atoms with E-state index in [0.717, 1.165) is 10.0 Å². The van der Waals surface area contributed by atoms with Crippen molar-refractivity contribution in [3.63, 3.8) is 0 Å². The van der Waals surface area contributed by atoms with E-state index >= 15 is 0 Å². The number of aryl methyl sites for hydroxylation is 1. The van der Waals surface area contributed by atoms with Crippen molar-refractivity contribution in [1.82, 2.24) is 0 Å². The van der Waals surface area contributed by atoms with E-state index in [2.05, 4.69) is 15.9 Å². The van der Waals surface area contributed by atoms with Crippen molar-refractivity contribution in [1.29, 1.82) is 0 Å². The smallest absolute Gasteiger partial charge is 0.337 e. The molecule has 0 bridgehead atoms. The van der Waals surface area contributed by atoms with Gasteiger partial charge in [-0.05, 0) is 24.1 Å². The van der Waals surface area contributed by atoms with Gasteiger partial charge in [0.2, 0.25) is 0 Å². The van der Waals surface area contributed by atoms with Crippen LogP contribution in [0.3, 0.4) is 0 Å². The van der Waals surface area contributed by atoms with Crippen LogP contribution in [0.25, 0.3) is 0 Å². The quantitative estimate of drug-likeness (QED) is 0.836. The molecule has 0 aromatic heterocycles. The average Bonchev–Trinajstić information content (AvgIpc) is 2.08. The van der Waals surface area contributed by atoms with E-state index in [4.69, 9.17) is 5.11 Å². The second-order valence-corrected chi connectivity index (χ2v) is 3.60. The summed E-state index contributed by atoms with van der Waals surface area (Å²) in [7, 11) is 0. The first-order valence-corrected chi connectivity index (χ1v) is 4.48. The van der Waals surface area contributed by atoms with E-state index < -0.39 is 12.1 Å². The first-order valence-electron chi connectivity index (χ1n) is 3.69. The lowest BCUT2D eigenvalue weighted by Crippen LogP contribution is -2.10. The van der Waals surface area contributed by atoms with Gasteiger partial charge in [0.1, 0.15) is 0 Å². The number of rotatable bonds is 2. The first-order chi connectivity index (χ1) is 6.02. The molecule has 3 nitrogen and oxygen atoms in total. The fraction of sp³-hybridized carbons (Fsp3) is 0.222. The summed E-state index contributed by atoms with van der Waals surface area (Å²) < 4.78 is 0.797. The summed E-state index contributed by atoms with van der Waals surface area (Å²) in [4.78, 5) is 10.4.